The molecule has 0 heterocycles. The third-order valence-corrected chi connectivity index (χ3v) is 1.29. The average molecular weight is 150 g/mol. The van der Waals surface area contributed by atoms with Crippen molar-refractivity contribution >= 4 is 17.4 Å². The zero-order valence-corrected chi connectivity index (χ0v) is 6.44. The lowest BCUT2D eigenvalue weighted by molar-refractivity contribution is 0.825. The molecule has 0 saturated carbocycles. The minimum atomic E-state index is 0.141. The fourth-order valence-corrected chi connectivity index (χ4v) is 0.471. The maximum absolute atomic E-state index is 5.48. The molecule has 0 fully saturated rings. The Morgan fingerprint density at radius 2 is 2.44 bits per heavy atom. The second-order valence-corrected chi connectivity index (χ2v) is 2.17. The molecular formula is C5H12ClN3. The number of aliphatic imine (C=N–C) groups is 1. The smallest absolute Gasteiger partial charge is 0.107 e. The summed E-state index contributed by atoms with van der Waals surface area (Å²) in [6, 6.07) is 0.141. The van der Waals surface area contributed by atoms with Crippen LogP contribution in [-0.4, -0.2) is 17.8 Å². The summed E-state index contributed by atoms with van der Waals surface area (Å²) >= 11 is 5.48. The molecule has 1 atom stereocenters. The van der Waals surface area contributed by atoms with Gasteiger partial charge in [0.2, 0.25) is 0 Å². The Bertz CT molecular complexity index is 102. The first-order chi connectivity index (χ1) is 4.20. The lowest BCUT2D eigenvalue weighted by atomic mass is 10.4. The number of rotatable bonds is 2. The van der Waals surface area contributed by atoms with E-state index in [9.17, 15) is 0 Å². The Labute approximate surface area is 60.3 Å². The van der Waals surface area contributed by atoms with E-state index in [-0.39, 0.29) is 6.04 Å². The van der Waals surface area contributed by atoms with Crippen LogP contribution in [0.2, 0.25) is 0 Å². The first kappa shape index (κ1) is 8.72. The third-order valence-electron chi connectivity index (χ3n) is 0.846. The normalized spacial score (nSPS) is 15.3. The third kappa shape index (κ3) is 4.24. The molecule has 0 spiro atoms. The topological polar surface area (TPSA) is 50.4 Å². The maximum atomic E-state index is 5.48. The van der Waals surface area contributed by atoms with Gasteiger partial charge >= 0.3 is 0 Å². The molecule has 0 radical (unpaired) electrons. The quantitative estimate of drug-likeness (QED) is 0.198. The van der Waals surface area contributed by atoms with Crippen molar-refractivity contribution in [3.8, 4) is 0 Å². The Morgan fingerprint density at radius 3 is 2.78 bits per heavy atom. The number of hydrogen-bond donors (Lipinski definition) is 2. The van der Waals surface area contributed by atoms with E-state index in [4.69, 9.17) is 17.4 Å². The van der Waals surface area contributed by atoms with Gasteiger partial charge in [-0.25, -0.2) is 5.84 Å². The van der Waals surface area contributed by atoms with Gasteiger partial charge in [0.1, 0.15) is 5.84 Å². The molecule has 3 N–H and O–H groups in total. The summed E-state index contributed by atoms with van der Waals surface area (Å²) in [6.45, 7) is 3.72. The number of alkyl halides is 1. The highest BCUT2D eigenvalue weighted by Crippen LogP contribution is 1.91. The lowest BCUT2D eigenvalue weighted by Gasteiger charge is -2.02. The van der Waals surface area contributed by atoms with Crippen LogP contribution in [0.4, 0.5) is 0 Å². The number of halogens is 1. The molecule has 0 amide bonds. The molecule has 0 aromatic carbocycles. The van der Waals surface area contributed by atoms with Crippen molar-refractivity contribution in [2.75, 3.05) is 5.88 Å². The number of amidine groups is 1. The number of nitrogens with two attached hydrogens (primary N) is 1. The van der Waals surface area contributed by atoms with E-state index in [2.05, 4.69) is 10.4 Å². The van der Waals surface area contributed by atoms with Crippen LogP contribution >= 0.6 is 11.6 Å². The van der Waals surface area contributed by atoms with Crippen LogP contribution in [0.3, 0.4) is 0 Å². The second kappa shape index (κ2) is 4.58. The van der Waals surface area contributed by atoms with Crippen molar-refractivity contribution in [3.05, 3.63) is 0 Å². The number of nitrogens with zero attached hydrogens (tertiary/aromatic N) is 1. The van der Waals surface area contributed by atoms with Crippen molar-refractivity contribution in [1.29, 1.82) is 0 Å². The molecule has 0 aliphatic rings. The molecule has 1 unspecified atom stereocenters. The second-order valence-electron chi connectivity index (χ2n) is 1.86. The van der Waals surface area contributed by atoms with Crippen molar-refractivity contribution in [1.82, 2.24) is 5.43 Å². The Balaban J connectivity index is 3.64. The summed E-state index contributed by atoms with van der Waals surface area (Å²) in [7, 11) is 0. The molecule has 0 saturated heterocycles. The van der Waals surface area contributed by atoms with Crippen molar-refractivity contribution in [3.63, 3.8) is 0 Å². The van der Waals surface area contributed by atoms with Gasteiger partial charge in [0.25, 0.3) is 0 Å². The number of hydrazine groups is 1. The molecule has 0 rings (SSSR count). The van der Waals surface area contributed by atoms with E-state index in [1.807, 2.05) is 6.92 Å². The van der Waals surface area contributed by atoms with E-state index < -0.39 is 0 Å². The zero-order valence-electron chi connectivity index (χ0n) is 5.69. The Hall–Kier alpha value is -0.280. The van der Waals surface area contributed by atoms with Crippen LogP contribution in [0.15, 0.2) is 4.99 Å². The molecule has 0 aromatic heterocycles. The van der Waals surface area contributed by atoms with Crippen molar-refractivity contribution in [2.24, 2.45) is 10.8 Å². The molecule has 3 nitrogen and oxygen atoms in total. The van der Waals surface area contributed by atoms with Gasteiger partial charge in [-0.05, 0) is 13.8 Å². The summed E-state index contributed by atoms with van der Waals surface area (Å²) in [5.41, 5.74) is 2.42. The van der Waals surface area contributed by atoms with Gasteiger partial charge in [-0.1, -0.05) is 0 Å². The standard InChI is InChI=1S/C5H12ClN3/c1-4(3-6)8-5(2)9-7/h4H,3,7H2,1-2H3,(H,8,9). The van der Waals surface area contributed by atoms with Gasteiger partial charge in [-0.2, -0.15) is 0 Å². The van der Waals surface area contributed by atoms with Crippen molar-refractivity contribution < 1.29 is 0 Å². The summed E-state index contributed by atoms with van der Waals surface area (Å²) in [6.07, 6.45) is 0. The van der Waals surface area contributed by atoms with Gasteiger partial charge in [-0.15, -0.1) is 11.6 Å². The van der Waals surface area contributed by atoms with Crippen LogP contribution in [0.25, 0.3) is 0 Å². The minimum absolute atomic E-state index is 0.141. The highest BCUT2D eigenvalue weighted by Gasteiger charge is 1.94. The maximum Gasteiger partial charge on any atom is 0.107 e. The Morgan fingerprint density at radius 1 is 1.89 bits per heavy atom. The average Bonchev–Trinajstić information content (AvgIpc) is 1.87. The molecule has 54 valence electrons. The minimum Gasteiger partial charge on any atom is -0.313 e. The molecule has 0 aliphatic heterocycles. The summed E-state index contributed by atoms with van der Waals surface area (Å²) < 4.78 is 0. The zero-order chi connectivity index (χ0) is 7.28. The predicted molar refractivity (Wildman–Crippen MR) is 40.6 cm³/mol. The lowest BCUT2D eigenvalue weighted by Crippen LogP contribution is -2.28. The number of nitrogens with one attached hydrogen (secondary N) is 1. The van der Waals surface area contributed by atoms with E-state index >= 15 is 0 Å². The highest BCUT2D eigenvalue weighted by molar-refractivity contribution is 6.18. The van der Waals surface area contributed by atoms with Crippen LogP contribution in [-0.2, 0) is 0 Å². The van der Waals surface area contributed by atoms with Gasteiger partial charge in [-0.3, -0.25) is 4.99 Å². The van der Waals surface area contributed by atoms with Crippen LogP contribution < -0.4 is 11.3 Å². The summed E-state index contributed by atoms with van der Waals surface area (Å²) in [4.78, 5) is 4.06. The molecular weight excluding hydrogens is 138 g/mol. The van der Waals surface area contributed by atoms with E-state index in [0.717, 1.165) is 0 Å². The van der Waals surface area contributed by atoms with Crippen LogP contribution in [0.5, 0.6) is 0 Å². The highest BCUT2D eigenvalue weighted by atomic mass is 35.5. The molecule has 0 aliphatic carbocycles. The van der Waals surface area contributed by atoms with Crippen LogP contribution in [0.1, 0.15) is 13.8 Å². The molecule has 4 heteroatoms. The van der Waals surface area contributed by atoms with E-state index in [1.165, 1.54) is 0 Å². The monoisotopic (exact) mass is 149 g/mol. The van der Waals surface area contributed by atoms with Gasteiger partial charge < -0.3 is 5.43 Å². The SMILES string of the molecule is CC(=NC(C)CCl)NN. The van der Waals surface area contributed by atoms with E-state index in [1.54, 1.807) is 6.92 Å². The fraction of sp³-hybridized carbons (Fsp3) is 0.800. The van der Waals surface area contributed by atoms with Crippen molar-refractivity contribution in [2.45, 2.75) is 19.9 Å². The largest absolute Gasteiger partial charge is 0.313 e. The van der Waals surface area contributed by atoms with E-state index in [0.29, 0.717) is 11.7 Å². The molecule has 9 heavy (non-hydrogen) atoms. The predicted octanol–water partition coefficient (Wildman–Crippen LogP) is 0.495. The summed E-state index contributed by atoms with van der Waals surface area (Å²) in [5.74, 6) is 6.29. The van der Waals surface area contributed by atoms with Gasteiger partial charge in [0, 0.05) is 5.88 Å². The van der Waals surface area contributed by atoms with Gasteiger partial charge in [0.05, 0.1) is 6.04 Å². The number of hydrogen-bond acceptors (Lipinski definition) is 2. The molecule has 0 bridgehead atoms. The van der Waals surface area contributed by atoms with Gasteiger partial charge in [0.15, 0.2) is 0 Å². The molecule has 0 aromatic rings. The first-order valence-electron chi connectivity index (χ1n) is 2.77. The first-order valence-corrected chi connectivity index (χ1v) is 3.31. The summed E-state index contributed by atoms with van der Waals surface area (Å²) in [5, 5.41) is 0. The van der Waals surface area contributed by atoms with Crippen LogP contribution in [0, 0.1) is 0 Å². The Kier molecular flexibility index (Phi) is 4.44. The fourth-order valence-electron chi connectivity index (χ4n) is 0.402.